The van der Waals surface area contributed by atoms with E-state index >= 15 is 0 Å². The topological polar surface area (TPSA) is 47.7 Å². The molecular weight excluding hydrogens is 168 g/mol. The highest BCUT2D eigenvalue weighted by atomic mass is 16.7. The van der Waals surface area contributed by atoms with Crippen molar-refractivity contribution in [3.8, 4) is 0 Å². The number of nitrogens with zero attached hydrogens (tertiary/aromatic N) is 1. The first-order chi connectivity index (χ1) is 6.38. The second-order valence-electron chi connectivity index (χ2n) is 3.37. The smallest absolute Gasteiger partial charge is 0.0698 e. The molecule has 1 unspecified atom stereocenters. The SMILES string of the molecule is COCC(CCCN)N1CCCO1. The van der Waals surface area contributed by atoms with Crippen molar-refractivity contribution in [1.82, 2.24) is 5.06 Å². The van der Waals surface area contributed by atoms with Crippen molar-refractivity contribution in [1.29, 1.82) is 0 Å². The van der Waals surface area contributed by atoms with Crippen molar-refractivity contribution < 1.29 is 9.57 Å². The third-order valence-corrected chi connectivity index (χ3v) is 2.29. The standard InChI is InChI=1S/C9H20N2O2/c1-12-8-9(4-2-5-10)11-6-3-7-13-11/h9H,2-8,10H2,1H3. The Morgan fingerprint density at radius 2 is 2.46 bits per heavy atom. The number of hydrogen-bond donors (Lipinski definition) is 1. The predicted octanol–water partition coefficient (Wildman–Crippen LogP) is 0.378. The molecule has 1 rings (SSSR count). The molecule has 0 aromatic rings. The molecule has 1 heterocycles. The molecule has 13 heavy (non-hydrogen) atoms. The summed E-state index contributed by atoms with van der Waals surface area (Å²) in [7, 11) is 1.73. The Bertz CT molecular complexity index is 127. The van der Waals surface area contributed by atoms with Crippen LogP contribution in [0.4, 0.5) is 0 Å². The van der Waals surface area contributed by atoms with Gasteiger partial charge in [0.25, 0.3) is 0 Å². The molecule has 0 aliphatic carbocycles. The third kappa shape index (κ3) is 3.60. The van der Waals surface area contributed by atoms with Crippen LogP contribution in [0.1, 0.15) is 19.3 Å². The zero-order valence-electron chi connectivity index (χ0n) is 8.37. The van der Waals surface area contributed by atoms with E-state index in [0.717, 1.165) is 45.6 Å². The van der Waals surface area contributed by atoms with Crippen LogP contribution >= 0.6 is 0 Å². The molecule has 0 aromatic carbocycles. The van der Waals surface area contributed by atoms with E-state index < -0.39 is 0 Å². The van der Waals surface area contributed by atoms with Gasteiger partial charge >= 0.3 is 0 Å². The van der Waals surface area contributed by atoms with Crippen molar-refractivity contribution in [2.24, 2.45) is 5.73 Å². The van der Waals surface area contributed by atoms with Gasteiger partial charge in [-0.2, -0.15) is 5.06 Å². The number of nitrogens with two attached hydrogens (primary N) is 1. The summed E-state index contributed by atoms with van der Waals surface area (Å²) in [6, 6.07) is 0.385. The van der Waals surface area contributed by atoms with E-state index in [-0.39, 0.29) is 0 Å². The molecular formula is C9H20N2O2. The van der Waals surface area contributed by atoms with Gasteiger partial charge in [0.2, 0.25) is 0 Å². The lowest BCUT2D eigenvalue weighted by molar-refractivity contribution is -0.154. The first kappa shape index (κ1) is 10.9. The van der Waals surface area contributed by atoms with Crippen molar-refractivity contribution in [2.75, 3.05) is 33.4 Å². The maximum atomic E-state index is 5.48. The highest BCUT2D eigenvalue weighted by Crippen LogP contribution is 2.13. The molecule has 0 bridgehead atoms. The summed E-state index contributed by atoms with van der Waals surface area (Å²) in [5.41, 5.74) is 5.47. The van der Waals surface area contributed by atoms with Gasteiger partial charge in [-0.1, -0.05) is 0 Å². The number of hydroxylamine groups is 2. The molecule has 4 nitrogen and oxygen atoms in total. The van der Waals surface area contributed by atoms with Crippen LogP contribution in [0.3, 0.4) is 0 Å². The lowest BCUT2D eigenvalue weighted by Gasteiger charge is -2.25. The summed E-state index contributed by atoms with van der Waals surface area (Å²) in [5.74, 6) is 0. The van der Waals surface area contributed by atoms with E-state index in [1.165, 1.54) is 0 Å². The second kappa shape index (κ2) is 6.32. The van der Waals surface area contributed by atoms with Crippen LogP contribution in [0.2, 0.25) is 0 Å². The van der Waals surface area contributed by atoms with Gasteiger partial charge in [-0.25, -0.2) is 0 Å². The quantitative estimate of drug-likeness (QED) is 0.654. The number of ether oxygens (including phenoxy) is 1. The van der Waals surface area contributed by atoms with Crippen molar-refractivity contribution in [3.05, 3.63) is 0 Å². The Balaban J connectivity index is 2.26. The van der Waals surface area contributed by atoms with Gasteiger partial charge in [-0.3, -0.25) is 4.84 Å². The normalized spacial score (nSPS) is 20.8. The molecule has 0 saturated carbocycles. The Labute approximate surface area is 79.9 Å². The maximum Gasteiger partial charge on any atom is 0.0698 e. The molecule has 4 heteroatoms. The molecule has 0 amide bonds. The summed E-state index contributed by atoms with van der Waals surface area (Å²) in [6.45, 7) is 3.36. The van der Waals surface area contributed by atoms with Gasteiger partial charge in [0.15, 0.2) is 0 Å². The minimum absolute atomic E-state index is 0.385. The Morgan fingerprint density at radius 1 is 1.62 bits per heavy atom. The fourth-order valence-corrected chi connectivity index (χ4v) is 1.61. The molecule has 0 radical (unpaired) electrons. The van der Waals surface area contributed by atoms with E-state index in [4.69, 9.17) is 15.3 Å². The second-order valence-corrected chi connectivity index (χ2v) is 3.37. The van der Waals surface area contributed by atoms with Crippen LogP contribution in [0.15, 0.2) is 0 Å². The van der Waals surface area contributed by atoms with Crippen LogP contribution < -0.4 is 5.73 Å². The lowest BCUT2D eigenvalue weighted by Crippen LogP contribution is -2.35. The van der Waals surface area contributed by atoms with Gasteiger partial charge in [-0.15, -0.1) is 0 Å². The minimum atomic E-state index is 0.385. The molecule has 0 aromatic heterocycles. The first-order valence-corrected chi connectivity index (χ1v) is 4.97. The molecule has 78 valence electrons. The van der Waals surface area contributed by atoms with E-state index in [1.54, 1.807) is 7.11 Å². The van der Waals surface area contributed by atoms with Gasteiger partial charge in [-0.05, 0) is 25.8 Å². The molecule has 1 aliphatic heterocycles. The molecule has 1 saturated heterocycles. The highest BCUT2D eigenvalue weighted by Gasteiger charge is 2.22. The third-order valence-electron chi connectivity index (χ3n) is 2.29. The number of rotatable bonds is 6. The van der Waals surface area contributed by atoms with E-state index in [9.17, 15) is 0 Å². The largest absolute Gasteiger partial charge is 0.383 e. The zero-order valence-corrected chi connectivity index (χ0v) is 8.37. The Morgan fingerprint density at radius 3 is 3.00 bits per heavy atom. The van der Waals surface area contributed by atoms with Crippen molar-refractivity contribution in [2.45, 2.75) is 25.3 Å². The maximum absolute atomic E-state index is 5.48. The molecule has 1 aliphatic rings. The molecule has 0 spiro atoms. The van der Waals surface area contributed by atoms with Crippen LogP contribution in [0.25, 0.3) is 0 Å². The summed E-state index contributed by atoms with van der Waals surface area (Å²) in [4.78, 5) is 5.48. The molecule has 1 atom stereocenters. The monoisotopic (exact) mass is 188 g/mol. The molecule has 1 fully saturated rings. The van der Waals surface area contributed by atoms with Crippen LogP contribution in [-0.4, -0.2) is 44.5 Å². The lowest BCUT2D eigenvalue weighted by atomic mass is 10.1. The summed E-state index contributed by atoms with van der Waals surface area (Å²) in [6.07, 6.45) is 3.22. The van der Waals surface area contributed by atoms with Gasteiger partial charge in [0, 0.05) is 13.7 Å². The molecule has 2 N–H and O–H groups in total. The van der Waals surface area contributed by atoms with Crippen LogP contribution in [-0.2, 0) is 9.57 Å². The van der Waals surface area contributed by atoms with Gasteiger partial charge < -0.3 is 10.5 Å². The summed E-state index contributed by atoms with van der Waals surface area (Å²) >= 11 is 0. The average Bonchev–Trinajstić information content (AvgIpc) is 2.65. The minimum Gasteiger partial charge on any atom is -0.383 e. The van der Waals surface area contributed by atoms with E-state index in [1.807, 2.05) is 5.06 Å². The van der Waals surface area contributed by atoms with Crippen molar-refractivity contribution in [3.63, 3.8) is 0 Å². The predicted molar refractivity (Wildman–Crippen MR) is 51.2 cm³/mol. The average molecular weight is 188 g/mol. The zero-order chi connectivity index (χ0) is 9.52. The fourth-order valence-electron chi connectivity index (χ4n) is 1.61. The van der Waals surface area contributed by atoms with Crippen molar-refractivity contribution >= 4 is 0 Å². The Kier molecular flexibility index (Phi) is 5.31. The Hall–Kier alpha value is -0.160. The first-order valence-electron chi connectivity index (χ1n) is 4.97. The van der Waals surface area contributed by atoms with Crippen LogP contribution in [0, 0.1) is 0 Å². The van der Waals surface area contributed by atoms with Gasteiger partial charge in [0.05, 0.1) is 19.3 Å². The van der Waals surface area contributed by atoms with Gasteiger partial charge in [0.1, 0.15) is 0 Å². The number of methoxy groups -OCH3 is 1. The van der Waals surface area contributed by atoms with E-state index in [2.05, 4.69) is 0 Å². The highest BCUT2D eigenvalue weighted by molar-refractivity contribution is 4.68. The van der Waals surface area contributed by atoms with Crippen LogP contribution in [0.5, 0.6) is 0 Å². The van der Waals surface area contributed by atoms with E-state index in [0.29, 0.717) is 6.04 Å². The summed E-state index contributed by atoms with van der Waals surface area (Å²) in [5, 5.41) is 2.04. The fraction of sp³-hybridized carbons (Fsp3) is 1.00. The summed E-state index contributed by atoms with van der Waals surface area (Å²) < 4.78 is 5.15. The number of hydrogen-bond acceptors (Lipinski definition) is 4.